The van der Waals surface area contributed by atoms with E-state index in [4.69, 9.17) is 4.74 Å². The highest BCUT2D eigenvalue weighted by atomic mass is 79.9. The van der Waals surface area contributed by atoms with Gasteiger partial charge in [-0.1, -0.05) is 31.2 Å². The van der Waals surface area contributed by atoms with Crippen molar-refractivity contribution in [3.05, 3.63) is 58.3 Å². The van der Waals surface area contributed by atoms with Crippen molar-refractivity contribution >= 4 is 15.9 Å². The highest BCUT2D eigenvalue weighted by Crippen LogP contribution is 2.35. The van der Waals surface area contributed by atoms with E-state index < -0.39 is 0 Å². The number of benzene rings is 2. The summed E-state index contributed by atoms with van der Waals surface area (Å²) in [6.45, 7) is 4.99. The second-order valence-corrected chi connectivity index (χ2v) is 5.72. The maximum absolute atomic E-state index is 14.2. The van der Waals surface area contributed by atoms with Crippen LogP contribution in [0.15, 0.2) is 46.9 Å². The summed E-state index contributed by atoms with van der Waals surface area (Å²) in [7, 11) is 0. The average molecular weight is 352 g/mol. The van der Waals surface area contributed by atoms with Crippen molar-refractivity contribution in [2.45, 2.75) is 26.3 Å². The molecule has 0 spiro atoms. The van der Waals surface area contributed by atoms with E-state index in [1.807, 2.05) is 37.3 Å². The minimum atomic E-state index is -0.353. The lowest BCUT2D eigenvalue weighted by Gasteiger charge is -2.19. The van der Waals surface area contributed by atoms with Gasteiger partial charge < -0.3 is 10.1 Å². The molecule has 0 fully saturated rings. The molecular weight excluding hydrogens is 333 g/mol. The Balaban J connectivity index is 2.32. The minimum absolute atomic E-state index is 0.0261. The Bertz CT molecular complexity index is 603. The van der Waals surface area contributed by atoms with E-state index >= 15 is 0 Å². The molecule has 2 aromatic rings. The number of hydrogen-bond acceptors (Lipinski definition) is 2. The van der Waals surface area contributed by atoms with E-state index in [-0.39, 0.29) is 17.6 Å². The van der Waals surface area contributed by atoms with E-state index in [2.05, 4.69) is 28.2 Å². The van der Waals surface area contributed by atoms with E-state index in [9.17, 15) is 4.39 Å². The number of halogens is 2. The molecule has 4 heteroatoms. The first-order valence-electron chi connectivity index (χ1n) is 7.07. The SMILES string of the molecule is CCCNC(C)c1cccc(F)c1Oc1ccccc1Br. The lowest BCUT2D eigenvalue weighted by molar-refractivity contribution is 0.423. The van der Waals surface area contributed by atoms with Gasteiger partial charge in [0.25, 0.3) is 0 Å². The molecule has 2 aromatic carbocycles. The molecule has 0 aliphatic rings. The number of nitrogens with one attached hydrogen (secondary N) is 1. The molecule has 0 amide bonds. The molecule has 0 heterocycles. The van der Waals surface area contributed by atoms with Crippen molar-refractivity contribution in [2.24, 2.45) is 0 Å². The van der Waals surface area contributed by atoms with E-state index in [0.29, 0.717) is 5.75 Å². The fourth-order valence-corrected chi connectivity index (χ4v) is 2.45. The van der Waals surface area contributed by atoms with E-state index in [1.54, 1.807) is 6.07 Å². The predicted octanol–water partition coefficient (Wildman–Crippen LogP) is 5.44. The fourth-order valence-electron chi connectivity index (χ4n) is 2.08. The summed E-state index contributed by atoms with van der Waals surface area (Å²) in [6, 6.07) is 12.5. The Morgan fingerprint density at radius 3 is 2.67 bits per heavy atom. The molecule has 2 nitrogen and oxygen atoms in total. The van der Waals surface area contributed by atoms with Crippen LogP contribution in [-0.4, -0.2) is 6.54 Å². The number of ether oxygens (including phenoxy) is 1. The molecule has 0 aromatic heterocycles. The Morgan fingerprint density at radius 1 is 1.19 bits per heavy atom. The molecule has 112 valence electrons. The van der Waals surface area contributed by atoms with E-state index in [0.717, 1.165) is 23.0 Å². The summed E-state index contributed by atoms with van der Waals surface area (Å²) in [4.78, 5) is 0. The zero-order chi connectivity index (χ0) is 15.2. The number of para-hydroxylation sites is 2. The van der Waals surface area contributed by atoms with Gasteiger partial charge in [0.15, 0.2) is 11.6 Å². The third kappa shape index (κ3) is 4.05. The van der Waals surface area contributed by atoms with Crippen molar-refractivity contribution in [1.82, 2.24) is 5.32 Å². The molecule has 2 rings (SSSR count). The maximum Gasteiger partial charge on any atom is 0.167 e. The second kappa shape index (κ2) is 7.57. The summed E-state index contributed by atoms with van der Waals surface area (Å²) >= 11 is 3.42. The van der Waals surface area contributed by atoms with Gasteiger partial charge in [-0.3, -0.25) is 0 Å². The van der Waals surface area contributed by atoms with Crippen molar-refractivity contribution in [3.8, 4) is 11.5 Å². The Labute approximate surface area is 133 Å². The summed E-state index contributed by atoms with van der Waals surface area (Å²) in [5, 5.41) is 3.36. The van der Waals surface area contributed by atoms with Crippen LogP contribution in [0.2, 0.25) is 0 Å². The van der Waals surface area contributed by atoms with Gasteiger partial charge in [0.1, 0.15) is 5.75 Å². The minimum Gasteiger partial charge on any atom is -0.453 e. The second-order valence-electron chi connectivity index (χ2n) is 4.87. The van der Waals surface area contributed by atoms with Gasteiger partial charge in [-0.15, -0.1) is 0 Å². The highest BCUT2D eigenvalue weighted by molar-refractivity contribution is 9.10. The molecule has 0 bridgehead atoms. The van der Waals surface area contributed by atoms with Gasteiger partial charge in [0, 0.05) is 11.6 Å². The van der Waals surface area contributed by atoms with Crippen molar-refractivity contribution < 1.29 is 9.13 Å². The average Bonchev–Trinajstić information content (AvgIpc) is 2.49. The molecular formula is C17H19BrFNO. The Kier molecular flexibility index (Phi) is 5.76. The summed E-state index contributed by atoms with van der Waals surface area (Å²) in [6.07, 6.45) is 1.03. The van der Waals surface area contributed by atoms with Crippen LogP contribution in [0.3, 0.4) is 0 Å². The summed E-state index contributed by atoms with van der Waals surface area (Å²) in [5.74, 6) is 0.528. The first-order valence-corrected chi connectivity index (χ1v) is 7.87. The van der Waals surface area contributed by atoms with Crippen LogP contribution >= 0.6 is 15.9 Å². The third-order valence-electron chi connectivity index (χ3n) is 3.21. The van der Waals surface area contributed by atoms with Gasteiger partial charge in [0.2, 0.25) is 0 Å². The van der Waals surface area contributed by atoms with Crippen LogP contribution in [0.4, 0.5) is 4.39 Å². The molecule has 1 atom stereocenters. The van der Waals surface area contributed by atoms with Crippen LogP contribution in [-0.2, 0) is 0 Å². The molecule has 0 saturated heterocycles. The molecule has 1 unspecified atom stereocenters. The monoisotopic (exact) mass is 351 g/mol. The first-order chi connectivity index (χ1) is 10.1. The normalized spacial score (nSPS) is 12.2. The first kappa shape index (κ1) is 16.0. The zero-order valence-corrected chi connectivity index (χ0v) is 13.8. The topological polar surface area (TPSA) is 21.3 Å². The van der Waals surface area contributed by atoms with Gasteiger partial charge in [-0.2, -0.15) is 0 Å². The molecule has 0 aliphatic heterocycles. The van der Waals surface area contributed by atoms with E-state index in [1.165, 1.54) is 6.07 Å². The van der Waals surface area contributed by atoms with Crippen LogP contribution in [0.1, 0.15) is 31.9 Å². The fraction of sp³-hybridized carbons (Fsp3) is 0.294. The van der Waals surface area contributed by atoms with Crippen LogP contribution in [0.25, 0.3) is 0 Å². The molecule has 1 N–H and O–H groups in total. The molecule has 0 aliphatic carbocycles. The van der Waals surface area contributed by atoms with Gasteiger partial charge in [0.05, 0.1) is 4.47 Å². The highest BCUT2D eigenvalue weighted by Gasteiger charge is 2.16. The van der Waals surface area contributed by atoms with Crippen LogP contribution in [0, 0.1) is 5.82 Å². The van der Waals surface area contributed by atoms with Crippen molar-refractivity contribution in [1.29, 1.82) is 0 Å². The zero-order valence-electron chi connectivity index (χ0n) is 12.2. The van der Waals surface area contributed by atoms with Gasteiger partial charge >= 0.3 is 0 Å². The molecule has 0 saturated carbocycles. The lowest BCUT2D eigenvalue weighted by Crippen LogP contribution is -2.20. The summed E-state index contributed by atoms with van der Waals surface area (Å²) < 4.78 is 20.8. The molecule has 21 heavy (non-hydrogen) atoms. The predicted molar refractivity (Wildman–Crippen MR) is 87.3 cm³/mol. The quantitative estimate of drug-likeness (QED) is 0.747. The smallest absolute Gasteiger partial charge is 0.167 e. The standard InChI is InChI=1S/C17H19BrFNO/c1-3-11-20-12(2)13-7-6-9-15(19)17(13)21-16-10-5-4-8-14(16)18/h4-10,12,20H,3,11H2,1-2H3. The lowest BCUT2D eigenvalue weighted by atomic mass is 10.1. The van der Waals surface area contributed by atoms with Crippen molar-refractivity contribution in [3.63, 3.8) is 0 Å². The van der Waals surface area contributed by atoms with Crippen molar-refractivity contribution in [2.75, 3.05) is 6.54 Å². The van der Waals surface area contributed by atoms with Crippen LogP contribution in [0.5, 0.6) is 11.5 Å². The van der Waals surface area contributed by atoms with Gasteiger partial charge in [-0.05, 0) is 54.0 Å². The Hall–Kier alpha value is -1.39. The number of hydrogen-bond donors (Lipinski definition) is 1. The maximum atomic E-state index is 14.2. The van der Waals surface area contributed by atoms with Gasteiger partial charge in [-0.25, -0.2) is 4.39 Å². The molecule has 0 radical (unpaired) electrons. The third-order valence-corrected chi connectivity index (χ3v) is 3.87. The largest absolute Gasteiger partial charge is 0.453 e. The number of rotatable bonds is 6. The Morgan fingerprint density at radius 2 is 1.95 bits per heavy atom. The van der Waals surface area contributed by atoms with Crippen LogP contribution < -0.4 is 10.1 Å². The summed E-state index contributed by atoms with van der Waals surface area (Å²) in [5.41, 5.74) is 0.819.